The standard InChI is InChI=1S/C28H36N2O5/c1-4-6-11-19(16-25(31)30-26(27(32)33)18(3)5-2)29-28(34)35-17-24-22-14-9-7-12-20(22)21-13-8-10-15-23(21)24/h7-10,12-15,18-19,24,26H,4-6,11,16-17H2,1-3H3,(H,29,34)(H,30,31)(H,32,33)/t18-,19?,26-/m0/s1. The molecule has 3 atom stereocenters. The van der Waals surface area contributed by atoms with Crippen LogP contribution in [0.1, 0.15) is 69.9 Å². The summed E-state index contributed by atoms with van der Waals surface area (Å²) in [5, 5.41) is 14.9. The molecule has 1 aliphatic rings. The first-order valence-electron chi connectivity index (χ1n) is 12.5. The maximum atomic E-state index is 12.7. The van der Waals surface area contributed by atoms with E-state index in [1.54, 1.807) is 6.92 Å². The average Bonchev–Trinajstić information content (AvgIpc) is 3.17. The van der Waals surface area contributed by atoms with E-state index in [4.69, 9.17) is 4.74 Å². The van der Waals surface area contributed by atoms with Crippen molar-refractivity contribution >= 4 is 18.0 Å². The van der Waals surface area contributed by atoms with Crippen molar-refractivity contribution in [2.75, 3.05) is 6.61 Å². The van der Waals surface area contributed by atoms with Crippen LogP contribution in [0, 0.1) is 5.92 Å². The number of benzene rings is 2. The fraction of sp³-hybridized carbons (Fsp3) is 0.464. The van der Waals surface area contributed by atoms with E-state index >= 15 is 0 Å². The highest BCUT2D eigenvalue weighted by Gasteiger charge is 2.30. The Morgan fingerprint density at radius 1 is 0.971 bits per heavy atom. The van der Waals surface area contributed by atoms with Crippen molar-refractivity contribution in [1.29, 1.82) is 0 Å². The lowest BCUT2D eigenvalue weighted by molar-refractivity contribution is -0.143. The van der Waals surface area contributed by atoms with Crippen LogP contribution in [0.5, 0.6) is 0 Å². The van der Waals surface area contributed by atoms with Crippen LogP contribution in [0.15, 0.2) is 48.5 Å². The maximum absolute atomic E-state index is 12.7. The zero-order valence-corrected chi connectivity index (χ0v) is 20.8. The van der Waals surface area contributed by atoms with E-state index in [1.807, 2.05) is 38.1 Å². The van der Waals surface area contributed by atoms with E-state index in [-0.39, 0.29) is 24.9 Å². The molecule has 2 aromatic carbocycles. The quantitative estimate of drug-likeness (QED) is 0.392. The summed E-state index contributed by atoms with van der Waals surface area (Å²) in [4.78, 5) is 36.9. The summed E-state index contributed by atoms with van der Waals surface area (Å²) < 4.78 is 5.63. The van der Waals surface area contributed by atoms with Crippen LogP contribution in [0.4, 0.5) is 4.79 Å². The summed E-state index contributed by atoms with van der Waals surface area (Å²) in [6.07, 6.45) is 2.41. The van der Waals surface area contributed by atoms with Crippen LogP contribution in [-0.4, -0.2) is 41.8 Å². The monoisotopic (exact) mass is 480 g/mol. The highest BCUT2D eigenvalue weighted by atomic mass is 16.5. The number of nitrogens with one attached hydrogen (secondary N) is 2. The van der Waals surface area contributed by atoms with Gasteiger partial charge in [0.15, 0.2) is 0 Å². The molecule has 3 N–H and O–H groups in total. The molecule has 7 nitrogen and oxygen atoms in total. The Morgan fingerprint density at radius 2 is 1.57 bits per heavy atom. The number of carboxylic acids is 1. The molecule has 0 spiro atoms. The van der Waals surface area contributed by atoms with Crippen LogP contribution < -0.4 is 10.6 Å². The smallest absolute Gasteiger partial charge is 0.407 e. The minimum atomic E-state index is -1.05. The normalized spacial score (nSPS) is 14.8. The van der Waals surface area contributed by atoms with Gasteiger partial charge in [-0.1, -0.05) is 88.6 Å². The summed E-state index contributed by atoms with van der Waals surface area (Å²) in [5.74, 6) is -1.68. The summed E-state index contributed by atoms with van der Waals surface area (Å²) in [7, 11) is 0. The fourth-order valence-corrected chi connectivity index (χ4v) is 4.62. The molecule has 0 fully saturated rings. The van der Waals surface area contributed by atoms with Crippen molar-refractivity contribution in [3.8, 4) is 11.1 Å². The molecule has 2 amide bonds. The van der Waals surface area contributed by atoms with Gasteiger partial charge in [0.1, 0.15) is 12.6 Å². The third-order valence-corrected chi connectivity index (χ3v) is 6.80. The predicted molar refractivity (Wildman–Crippen MR) is 135 cm³/mol. The van der Waals surface area contributed by atoms with Gasteiger partial charge in [-0.3, -0.25) is 4.79 Å². The molecule has 0 aromatic heterocycles. The number of alkyl carbamates (subject to hydrolysis) is 1. The van der Waals surface area contributed by atoms with Gasteiger partial charge in [0.05, 0.1) is 0 Å². The second-order valence-electron chi connectivity index (χ2n) is 9.28. The Balaban J connectivity index is 1.61. The molecule has 0 saturated heterocycles. The predicted octanol–water partition coefficient (Wildman–Crippen LogP) is 5.09. The number of ether oxygens (including phenoxy) is 1. The molecule has 0 bridgehead atoms. The Bertz CT molecular complexity index is 992. The third-order valence-electron chi connectivity index (χ3n) is 6.80. The SMILES string of the molecule is CCCCC(CC(=O)N[C@H](C(=O)O)[C@@H](C)CC)NC(=O)OCC1c2ccccc2-c2ccccc21. The van der Waals surface area contributed by atoms with Crippen molar-refractivity contribution in [3.05, 3.63) is 59.7 Å². The molecule has 1 aliphatic carbocycles. The summed E-state index contributed by atoms with van der Waals surface area (Å²) in [6, 6.07) is 14.9. The van der Waals surface area contributed by atoms with Crippen LogP contribution >= 0.6 is 0 Å². The number of carbonyl (C=O) groups is 3. The van der Waals surface area contributed by atoms with Gasteiger partial charge in [0, 0.05) is 18.4 Å². The van der Waals surface area contributed by atoms with E-state index in [1.165, 1.54) is 0 Å². The molecule has 1 unspecified atom stereocenters. The second kappa shape index (κ2) is 12.4. The Hall–Kier alpha value is -3.35. The second-order valence-corrected chi connectivity index (χ2v) is 9.28. The zero-order chi connectivity index (χ0) is 25.4. The molecule has 0 saturated carbocycles. The number of carboxylic acid groups (broad SMARTS) is 1. The molecular weight excluding hydrogens is 444 g/mol. The van der Waals surface area contributed by atoms with E-state index in [0.29, 0.717) is 12.8 Å². The number of rotatable bonds is 12. The van der Waals surface area contributed by atoms with Crippen LogP contribution in [0.3, 0.4) is 0 Å². The Morgan fingerprint density at radius 3 is 2.11 bits per heavy atom. The lowest BCUT2D eigenvalue weighted by Gasteiger charge is -2.23. The maximum Gasteiger partial charge on any atom is 0.407 e. The first kappa shape index (κ1) is 26.3. The first-order valence-corrected chi connectivity index (χ1v) is 12.5. The fourth-order valence-electron chi connectivity index (χ4n) is 4.62. The van der Waals surface area contributed by atoms with Gasteiger partial charge in [0.2, 0.25) is 5.91 Å². The zero-order valence-electron chi connectivity index (χ0n) is 20.8. The van der Waals surface area contributed by atoms with Crippen molar-refractivity contribution in [2.45, 2.75) is 70.9 Å². The van der Waals surface area contributed by atoms with Gasteiger partial charge in [-0.2, -0.15) is 0 Å². The van der Waals surface area contributed by atoms with Crippen LogP contribution in [-0.2, 0) is 14.3 Å². The molecule has 0 radical (unpaired) electrons. The molecule has 2 aromatic rings. The summed E-state index contributed by atoms with van der Waals surface area (Å²) >= 11 is 0. The average molecular weight is 481 g/mol. The summed E-state index contributed by atoms with van der Waals surface area (Å²) in [5.41, 5.74) is 4.58. The van der Waals surface area contributed by atoms with Gasteiger partial charge in [-0.15, -0.1) is 0 Å². The van der Waals surface area contributed by atoms with Crippen molar-refractivity contribution in [1.82, 2.24) is 10.6 Å². The number of amides is 2. The lowest BCUT2D eigenvalue weighted by atomic mass is 9.98. The van der Waals surface area contributed by atoms with Gasteiger partial charge < -0.3 is 20.5 Å². The first-order chi connectivity index (χ1) is 16.8. The third kappa shape index (κ3) is 6.62. The minimum Gasteiger partial charge on any atom is -0.480 e. The molecule has 3 rings (SSSR count). The Labute approximate surface area is 207 Å². The number of unbranched alkanes of at least 4 members (excludes halogenated alkanes) is 1. The molecule has 35 heavy (non-hydrogen) atoms. The van der Waals surface area contributed by atoms with Crippen molar-refractivity contribution < 1.29 is 24.2 Å². The molecule has 188 valence electrons. The van der Waals surface area contributed by atoms with Gasteiger partial charge in [-0.25, -0.2) is 9.59 Å². The topological polar surface area (TPSA) is 105 Å². The number of hydrogen-bond donors (Lipinski definition) is 3. The van der Waals surface area contributed by atoms with Gasteiger partial charge >= 0.3 is 12.1 Å². The number of fused-ring (bicyclic) bond motifs is 3. The van der Waals surface area contributed by atoms with Crippen LogP contribution in [0.25, 0.3) is 11.1 Å². The highest BCUT2D eigenvalue weighted by molar-refractivity contribution is 5.84. The van der Waals surface area contributed by atoms with Crippen molar-refractivity contribution in [2.24, 2.45) is 5.92 Å². The van der Waals surface area contributed by atoms with Gasteiger partial charge in [0.25, 0.3) is 0 Å². The largest absolute Gasteiger partial charge is 0.480 e. The minimum absolute atomic E-state index is 0.00437. The van der Waals surface area contributed by atoms with E-state index in [9.17, 15) is 19.5 Å². The number of carbonyl (C=O) groups excluding carboxylic acids is 2. The summed E-state index contributed by atoms with van der Waals surface area (Å²) in [6.45, 7) is 5.91. The van der Waals surface area contributed by atoms with E-state index in [2.05, 4.69) is 34.9 Å². The lowest BCUT2D eigenvalue weighted by Crippen LogP contribution is -2.47. The van der Waals surface area contributed by atoms with E-state index in [0.717, 1.165) is 35.1 Å². The van der Waals surface area contributed by atoms with Gasteiger partial charge in [-0.05, 0) is 34.6 Å². The molecular formula is C28H36N2O5. The van der Waals surface area contributed by atoms with E-state index < -0.39 is 30.1 Å². The van der Waals surface area contributed by atoms with Crippen molar-refractivity contribution in [3.63, 3.8) is 0 Å². The Kier molecular flexibility index (Phi) is 9.29. The molecule has 7 heteroatoms. The highest BCUT2D eigenvalue weighted by Crippen LogP contribution is 2.44. The molecule has 0 heterocycles. The number of hydrogen-bond acceptors (Lipinski definition) is 4. The van der Waals surface area contributed by atoms with Crippen LogP contribution in [0.2, 0.25) is 0 Å². The number of aliphatic carboxylic acids is 1. The molecule has 0 aliphatic heterocycles.